The van der Waals surface area contributed by atoms with E-state index in [9.17, 15) is 23.1 Å². The molecule has 0 amide bonds. The van der Waals surface area contributed by atoms with E-state index in [1.165, 1.54) is 31.2 Å². The molecule has 0 saturated heterocycles. The SMILES string of the molecule is CC(c1ccc(F)cc1)(c1ccc(F)cc1)P(=O)(O)O. The Bertz CT molecular complexity index is 602. The van der Waals surface area contributed by atoms with Crippen molar-refractivity contribution in [3.05, 3.63) is 71.3 Å². The summed E-state index contributed by atoms with van der Waals surface area (Å²) in [5.74, 6) is -0.998. The van der Waals surface area contributed by atoms with Gasteiger partial charge in [0.15, 0.2) is 0 Å². The molecular formula is C14H13F2O3P. The smallest absolute Gasteiger partial charge is 0.324 e. The molecule has 0 atom stereocenters. The molecule has 0 saturated carbocycles. The van der Waals surface area contributed by atoms with E-state index in [4.69, 9.17) is 0 Å². The average molecular weight is 298 g/mol. The Hall–Kier alpha value is -1.55. The van der Waals surface area contributed by atoms with Crippen molar-refractivity contribution in [1.82, 2.24) is 0 Å². The van der Waals surface area contributed by atoms with Gasteiger partial charge in [-0.3, -0.25) is 4.57 Å². The van der Waals surface area contributed by atoms with Gasteiger partial charge in [0.2, 0.25) is 0 Å². The zero-order valence-corrected chi connectivity index (χ0v) is 11.5. The fraction of sp³-hybridized carbons (Fsp3) is 0.143. The quantitative estimate of drug-likeness (QED) is 0.854. The first kappa shape index (κ1) is 14.9. The van der Waals surface area contributed by atoms with E-state index in [1.807, 2.05) is 0 Å². The third kappa shape index (κ3) is 2.52. The molecule has 0 radical (unpaired) electrons. The minimum Gasteiger partial charge on any atom is -0.324 e. The van der Waals surface area contributed by atoms with Crippen LogP contribution in [0.2, 0.25) is 0 Å². The Morgan fingerprint density at radius 1 is 0.850 bits per heavy atom. The third-order valence-corrected chi connectivity index (χ3v) is 5.08. The minimum atomic E-state index is -4.61. The summed E-state index contributed by atoms with van der Waals surface area (Å²) in [7, 11) is -4.61. The molecular weight excluding hydrogens is 285 g/mol. The van der Waals surface area contributed by atoms with Gasteiger partial charge in [0, 0.05) is 0 Å². The summed E-state index contributed by atoms with van der Waals surface area (Å²) in [6, 6.07) is 9.80. The Balaban J connectivity index is 2.66. The fourth-order valence-electron chi connectivity index (χ4n) is 2.05. The van der Waals surface area contributed by atoms with Crippen molar-refractivity contribution in [1.29, 1.82) is 0 Å². The van der Waals surface area contributed by atoms with E-state index in [2.05, 4.69) is 0 Å². The van der Waals surface area contributed by atoms with Crippen molar-refractivity contribution in [2.75, 3.05) is 0 Å². The van der Waals surface area contributed by atoms with E-state index in [-0.39, 0.29) is 11.1 Å². The number of benzene rings is 2. The highest BCUT2D eigenvalue weighted by molar-refractivity contribution is 7.53. The van der Waals surface area contributed by atoms with Crippen LogP contribution in [0.4, 0.5) is 8.78 Å². The van der Waals surface area contributed by atoms with Crippen molar-refractivity contribution in [2.45, 2.75) is 12.1 Å². The summed E-state index contributed by atoms with van der Waals surface area (Å²) in [4.78, 5) is 19.4. The lowest BCUT2D eigenvalue weighted by Gasteiger charge is -2.31. The second-order valence-electron chi connectivity index (χ2n) is 4.63. The van der Waals surface area contributed by atoms with Crippen molar-refractivity contribution in [3.8, 4) is 0 Å². The molecule has 2 N–H and O–H groups in total. The first-order chi connectivity index (χ1) is 9.25. The van der Waals surface area contributed by atoms with Gasteiger partial charge in [0.05, 0.1) is 0 Å². The van der Waals surface area contributed by atoms with Gasteiger partial charge in [-0.15, -0.1) is 0 Å². The first-order valence-electron chi connectivity index (χ1n) is 5.83. The first-order valence-corrected chi connectivity index (χ1v) is 7.44. The van der Waals surface area contributed by atoms with Crippen molar-refractivity contribution >= 4 is 7.60 Å². The third-order valence-electron chi connectivity index (χ3n) is 3.40. The summed E-state index contributed by atoms with van der Waals surface area (Å²) >= 11 is 0. The highest BCUT2D eigenvalue weighted by atomic mass is 31.2. The molecule has 0 fully saturated rings. The van der Waals surface area contributed by atoms with Gasteiger partial charge in [-0.05, 0) is 42.3 Å². The fourth-order valence-corrected chi connectivity index (χ4v) is 3.02. The van der Waals surface area contributed by atoms with Crippen LogP contribution in [-0.4, -0.2) is 9.79 Å². The van der Waals surface area contributed by atoms with E-state index < -0.39 is 24.4 Å². The molecule has 6 heteroatoms. The molecule has 20 heavy (non-hydrogen) atoms. The topological polar surface area (TPSA) is 57.5 Å². The number of rotatable bonds is 3. The van der Waals surface area contributed by atoms with Gasteiger partial charge in [-0.25, -0.2) is 8.78 Å². The Labute approximate surface area is 115 Å². The van der Waals surface area contributed by atoms with Crippen LogP contribution in [0.15, 0.2) is 48.5 Å². The van der Waals surface area contributed by atoms with Gasteiger partial charge in [-0.2, -0.15) is 0 Å². The number of halogens is 2. The maximum absolute atomic E-state index is 13.0. The highest BCUT2D eigenvalue weighted by Gasteiger charge is 2.45. The van der Waals surface area contributed by atoms with Crippen molar-refractivity contribution in [3.63, 3.8) is 0 Å². The van der Waals surface area contributed by atoms with Crippen LogP contribution in [0.1, 0.15) is 18.1 Å². The normalized spacial score (nSPS) is 12.4. The van der Waals surface area contributed by atoms with Crippen LogP contribution in [0.3, 0.4) is 0 Å². The zero-order valence-electron chi connectivity index (χ0n) is 10.6. The van der Waals surface area contributed by atoms with Gasteiger partial charge in [0.25, 0.3) is 0 Å². The number of hydrogen-bond donors (Lipinski definition) is 2. The van der Waals surface area contributed by atoms with Crippen molar-refractivity contribution < 1.29 is 23.1 Å². The van der Waals surface area contributed by atoms with Crippen LogP contribution in [0, 0.1) is 11.6 Å². The second kappa shape index (κ2) is 5.09. The second-order valence-corrected chi connectivity index (χ2v) is 6.61. The summed E-state index contributed by atoms with van der Waals surface area (Å²) in [6.07, 6.45) is 0. The average Bonchev–Trinajstić information content (AvgIpc) is 2.38. The van der Waals surface area contributed by atoms with Gasteiger partial charge in [0.1, 0.15) is 16.8 Å². The molecule has 0 spiro atoms. The van der Waals surface area contributed by atoms with Crippen LogP contribution < -0.4 is 0 Å². The van der Waals surface area contributed by atoms with Gasteiger partial charge >= 0.3 is 7.60 Å². The molecule has 2 rings (SSSR count). The van der Waals surface area contributed by atoms with Crippen LogP contribution in [-0.2, 0) is 9.72 Å². The molecule has 0 aromatic heterocycles. The molecule has 3 nitrogen and oxygen atoms in total. The lowest BCUT2D eigenvalue weighted by atomic mass is 9.92. The van der Waals surface area contributed by atoms with E-state index in [1.54, 1.807) is 0 Å². The molecule has 2 aromatic carbocycles. The largest absolute Gasteiger partial charge is 0.340 e. The lowest BCUT2D eigenvalue weighted by molar-refractivity contribution is 0.344. The summed E-state index contributed by atoms with van der Waals surface area (Å²) in [6.45, 7) is 1.36. The Morgan fingerprint density at radius 3 is 1.40 bits per heavy atom. The highest BCUT2D eigenvalue weighted by Crippen LogP contribution is 2.60. The molecule has 2 aromatic rings. The molecule has 0 aliphatic rings. The van der Waals surface area contributed by atoms with E-state index in [0.29, 0.717) is 0 Å². The lowest BCUT2D eigenvalue weighted by Crippen LogP contribution is -2.23. The van der Waals surface area contributed by atoms with Crippen LogP contribution >= 0.6 is 7.60 Å². The Kier molecular flexibility index (Phi) is 3.78. The summed E-state index contributed by atoms with van der Waals surface area (Å²) in [5.41, 5.74) is 0.526. The predicted molar refractivity (Wildman–Crippen MR) is 71.3 cm³/mol. The predicted octanol–water partition coefficient (Wildman–Crippen LogP) is 3.41. The Morgan fingerprint density at radius 2 is 1.15 bits per heavy atom. The zero-order chi connectivity index (χ0) is 15.0. The van der Waals surface area contributed by atoms with Gasteiger partial charge in [-0.1, -0.05) is 24.3 Å². The maximum atomic E-state index is 13.0. The summed E-state index contributed by atoms with van der Waals surface area (Å²) in [5, 5.41) is -1.66. The molecule has 0 aliphatic heterocycles. The van der Waals surface area contributed by atoms with Crippen molar-refractivity contribution in [2.24, 2.45) is 0 Å². The van der Waals surface area contributed by atoms with Crippen LogP contribution in [0.5, 0.6) is 0 Å². The molecule has 106 valence electrons. The minimum absolute atomic E-state index is 0.263. The summed E-state index contributed by atoms with van der Waals surface area (Å²) < 4.78 is 37.9. The maximum Gasteiger partial charge on any atom is 0.340 e. The monoisotopic (exact) mass is 298 g/mol. The standard InChI is InChI=1S/C14H13F2O3P/c1-14(20(17,18)19,10-2-6-12(15)7-3-10)11-4-8-13(16)9-5-11/h2-9H,1H3,(H2,17,18,19). The van der Waals surface area contributed by atoms with Crippen LogP contribution in [0.25, 0.3) is 0 Å². The molecule has 0 heterocycles. The molecule has 0 aliphatic carbocycles. The van der Waals surface area contributed by atoms with E-state index in [0.717, 1.165) is 24.3 Å². The van der Waals surface area contributed by atoms with Gasteiger partial charge < -0.3 is 9.79 Å². The molecule has 0 unspecified atom stereocenters. The van der Waals surface area contributed by atoms with E-state index >= 15 is 0 Å². The molecule has 0 bridgehead atoms. The number of hydrogen-bond acceptors (Lipinski definition) is 1.